The maximum Gasteiger partial charge on any atom is 0.254 e. The average Bonchev–Trinajstić information content (AvgIpc) is 2.43. The fourth-order valence-electron chi connectivity index (χ4n) is 2.37. The molecule has 1 amide bonds. The zero-order valence-electron chi connectivity index (χ0n) is 11.9. The smallest absolute Gasteiger partial charge is 0.254 e. The van der Waals surface area contributed by atoms with Gasteiger partial charge in [-0.1, -0.05) is 0 Å². The zero-order chi connectivity index (χ0) is 14.5. The van der Waals surface area contributed by atoms with Gasteiger partial charge in [0.25, 0.3) is 5.91 Å². The first-order chi connectivity index (χ1) is 9.71. The van der Waals surface area contributed by atoms with Crippen LogP contribution in [-0.2, 0) is 0 Å². The van der Waals surface area contributed by atoms with Crippen LogP contribution in [-0.4, -0.2) is 43.5 Å². The molecule has 1 aromatic rings. The van der Waals surface area contributed by atoms with Crippen molar-refractivity contribution in [2.24, 2.45) is 0 Å². The summed E-state index contributed by atoms with van der Waals surface area (Å²) in [5.74, 6) is 1.65. The second-order valence-corrected chi connectivity index (χ2v) is 5.22. The number of ether oxygens (including phenoxy) is 2. The Bertz CT molecular complexity index is 474. The van der Waals surface area contributed by atoms with Crippen molar-refractivity contribution < 1.29 is 14.3 Å². The fourth-order valence-corrected chi connectivity index (χ4v) is 2.56. The number of halogens is 1. The van der Waals surface area contributed by atoms with Crippen LogP contribution in [0.3, 0.4) is 0 Å². The molecule has 0 saturated heterocycles. The molecule has 1 aromatic carbocycles. The lowest BCUT2D eigenvalue weighted by Crippen LogP contribution is -2.45. The number of benzene rings is 1. The van der Waals surface area contributed by atoms with Crippen LogP contribution in [0.1, 0.15) is 29.6 Å². The fraction of sp³-hybridized carbons (Fsp3) is 0.533. The van der Waals surface area contributed by atoms with Gasteiger partial charge in [0.2, 0.25) is 0 Å². The highest BCUT2D eigenvalue weighted by atomic mass is 35.5. The van der Waals surface area contributed by atoms with Crippen molar-refractivity contribution in [3.63, 3.8) is 0 Å². The van der Waals surface area contributed by atoms with Gasteiger partial charge in [0.1, 0.15) is 0 Å². The summed E-state index contributed by atoms with van der Waals surface area (Å²) in [4.78, 5) is 14.5. The summed E-state index contributed by atoms with van der Waals surface area (Å²) in [5.41, 5.74) is 0.611. The highest BCUT2D eigenvalue weighted by molar-refractivity contribution is 6.18. The van der Waals surface area contributed by atoms with Crippen LogP contribution in [0.2, 0.25) is 0 Å². The maximum absolute atomic E-state index is 12.6. The average molecular weight is 298 g/mol. The highest BCUT2D eigenvalue weighted by Gasteiger charge is 2.29. The van der Waals surface area contributed by atoms with Crippen LogP contribution in [0.25, 0.3) is 0 Å². The van der Waals surface area contributed by atoms with E-state index in [4.69, 9.17) is 21.1 Å². The zero-order valence-corrected chi connectivity index (χ0v) is 12.7. The molecule has 0 atom stereocenters. The molecule has 1 fully saturated rings. The largest absolute Gasteiger partial charge is 0.493 e. The van der Waals surface area contributed by atoms with Gasteiger partial charge in [-0.3, -0.25) is 4.79 Å². The molecular formula is C15H20ClNO3. The van der Waals surface area contributed by atoms with E-state index in [0.29, 0.717) is 35.5 Å². The van der Waals surface area contributed by atoms with Gasteiger partial charge in [-0.05, 0) is 37.5 Å². The van der Waals surface area contributed by atoms with E-state index in [0.717, 1.165) is 12.8 Å². The van der Waals surface area contributed by atoms with Gasteiger partial charge < -0.3 is 14.4 Å². The molecule has 1 saturated carbocycles. The van der Waals surface area contributed by atoms with Crippen LogP contribution < -0.4 is 9.47 Å². The van der Waals surface area contributed by atoms with Gasteiger partial charge in [-0.15, -0.1) is 11.6 Å². The van der Waals surface area contributed by atoms with Crippen molar-refractivity contribution in [2.75, 3.05) is 26.6 Å². The predicted octanol–water partition coefficient (Wildman–Crippen LogP) is 2.94. The van der Waals surface area contributed by atoms with Crippen LogP contribution >= 0.6 is 11.6 Å². The van der Waals surface area contributed by atoms with Gasteiger partial charge in [0, 0.05) is 24.0 Å². The van der Waals surface area contributed by atoms with Crippen molar-refractivity contribution in [2.45, 2.75) is 25.3 Å². The van der Waals surface area contributed by atoms with Gasteiger partial charge in [0.05, 0.1) is 14.2 Å². The molecule has 0 N–H and O–H groups in total. The van der Waals surface area contributed by atoms with E-state index in [9.17, 15) is 4.79 Å². The minimum atomic E-state index is 0.0105. The Balaban J connectivity index is 2.21. The van der Waals surface area contributed by atoms with Crippen molar-refractivity contribution in [1.29, 1.82) is 0 Å². The Morgan fingerprint density at radius 2 is 2.00 bits per heavy atom. The molecule has 0 radical (unpaired) electrons. The normalized spacial score (nSPS) is 14.6. The number of amides is 1. The summed E-state index contributed by atoms with van der Waals surface area (Å²) in [5, 5.41) is 0. The van der Waals surface area contributed by atoms with Gasteiger partial charge in [-0.2, -0.15) is 0 Å². The Labute approximate surface area is 124 Å². The molecule has 1 aliphatic carbocycles. The molecule has 0 heterocycles. The predicted molar refractivity (Wildman–Crippen MR) is 78.9 cm³/mol. The molecule has 4 nitrogen and oxygen atoms in total. The van der Waals surface area contributed by atoms with E-state index >= 15 is 0 Å². The molecule has 20 heavy (non-hydrogen) atoms. The molecule has 0 aliphatic heterocycles. The number of hydrogen-bond donors (Lipinski definition) is 0. The number of carbonyl (C=O) groups is 1. The topological polar surface area (TPSA) is 38.8 Å². The Kier molecular flexibility index (Phi) is 5.12. The number of rotatable bonds is 6. The first kappa shape index (κ1) is 15.0. The molecular weight excluding hydrogens is 278 g/mol. The minimum absolute atomic E-state index is 0.0105. The molecule has 2 rings (SSSR count). The first-order valence-electron chi connectivity index (χ1n) is 6.80. The van der Waals surface area contributed by atoms with Gasteiger partial charge in [-0.25, -0.2) is 0 Å². The number of carbonyl (C=O) groups excluding carboxylic acids is 1. The monoisotopic (exact) mass is 297 g/mol. The Morgan fingerprint density at radius 1 is 1.30 bits per heavy atom. The van der Waals surface area contributed by atoms with E-state index in [1.807, 2.05) is 4.90 Å². The standard InChI is InChI=1S/C15H20ClNO3/c1-19-13-7-6-11(10-14(13)20-2)15(18)17(9-8-16)12-4-3-5-12/h6-7,10,12H,3-5,8-9H2,1-2H3. The molecule has 5 heteroatoms. The quantitative estimate of drug-likeness (QED) is 0.758. The number of methoxy groups -OCH3 is 2. The third-order valence-corrected chi connectivity index (χ3v) is 3.90. The van der Waals surface area contributed by atoms with E-state index in [-0.39, 0.29) is 5.91 Å². The molecule has 0 bridgehead atoms. The third-order valence-electron chi connectivity index (χ3n) is 3.73. The molecule has 1 aliphatic rings. The molecule has 110 valence electrons. The Hall–Kier alpha value is -1.42. The molecule has 0 spiro atoms. The van der Waals surface area contributed by atoms with E-state index in [1.54, 1.807) is 32.4 Å². The second-order valence-electron chi connectivity index (χ2n) is 4.84. The van der Waals surface area contributed by atoms with Crippen molar-refractivity contribution in [3.05, 3.63) is 23.8 Å². The van der Waals surface area contributed by atoms with E-state index in [2.05, 4.69) is 0 Å². The number of hydrogen-bond acceptors (Lipinski definition) is 3. The first-order valence-corrected chi connectivity index (χ1v) is 7.33. The minimum Gasteiger partial charge on any atom is -0.493 e. The maximum atomic E-state index is 12.6. The van der Waals surface area contributed by atoms with Crippen LogP contribution in [0.15, 0.2) is 18.2 Å². The molecule has 0 unspecified atom stereocenters. The summed E-state index contributed by atoms with van der Waals surface area (Å²) in [6.07, 6.45) is 3.31. The second kappa shape index (κ2) is 6.84. The lowest BCUT2D eigenvalue weighted by molar-refractivity contribution is 0.0597. The number of nitrogens with zero attached hydrogens (tertiary/aromatic N) is 1. The van der Waals surface area contributed by atoms with E-state index < -0.39 is 0 Å². The summed E-state index contributed by atoms with van der Waals surface area (Å²) < 4.78 is 10.4. The van der Waals surface area contributed by atoms with Crippen molar-refractivity contribution in [1.82, 2.24) is 4.90 Å². The van der Waals surface area contributed by atoms with Crippen molar-refractivity contribution >= 4 is 17.5 Å². The summed E-state index contributed by atoms with van der Waals surface area (Å²) >= 11 is 5.82. The van der Waals surface area contributed by atoms with Crippen LogP contribution in [0.5, 0.6) is 11.5 Å². The lowest BCUT2D eigenvalue weighted by atomic mass is 9.91. The summed E-state index contributed by atoms with van der Waals surface area (Å²) in [6, 6.07) is 5.57. The summed E-state index contributed by atoms with van der Waals surface area (Å²) in [6.45, 7) is 0.583. The van der Waals surface area contributed by atoms with Crippen LogP contribution in [0, 0.1) is 0 Å². The lowest BCUT2D eigenvalue weighted by Gasteiger charge is -2.37. The van der Waals surface area contributed by atoms with E-state index in [1.165, 1.54) is 6.42 Å². The summed E-state index contributed by atoms with van der Waals surface area (Å²) in [7, 11) is 3.14. The number of alkyl halides is 1. The van der Waals surface area contributed by atoms with Gasteiger partial charge in [0.15, 0.2) is 11.5 Å². The van der Waals surface area contributed by atoms with Crippen LogP contribution in [0.4, 0.5) is 0 Å². The Morgan fingerprint density at radius 3 is 2.50 bits per heavy atom. The van der Waals surface area contributed by atoms with Crippen molar-refractivity contribution in [3.8, 4) is 11.5 Å². The molecule has 0 aromatic heterocycles. The van der Waals surface area contributed by atoms with Gasteiger partial charge >= 0.3 is 0 Å². The third kappa shape index (κ3) is 3.01. The SMILES string of the molecule is COc1ccc(C(=O)N(CCCl)C2CCC2)cc1OC. The highest BCUT2D eigenvalue weighted by Crippen LogP contribution is 2.30.